The molecule has 0 atom stereocenters. The molecule has 0 saturated heterocycles. The van der Waals surface area contributed by atoms with E-state index in [4.69, 9.17) is 0 Å². The van der Waals surface area contributed by atoms with Gasteiger partial charge in [-0.25, -0.2) is 9.37 Å². The van der Waals surface area contributed by atoms with Gasteiger partial charge in [-0.2, -0.15) is 0 Å². The van der Waals surface area contributed by atoms with Crippen molar-refractivity contribution in [3.8, 4) is 5.69 Å². The first kappa shape index (κ1) is 16.2. The summed E-state index contributed by atoms with van der Waals surface area (Å²) in [5.74, 6) is -0.230. The van der Waals surface area contributed by atoms with Crippen LogP contribution < -0.4 is 0 Å². The second kappa shape index (κ2) is 6.56. The predicted octanol–water partition coefficient (Wildman–Crippen LogP) is 5.35. The van der Waals surface area contributed by atoms with Crippen molar-refractivity contribution < 1.29 is 4.39 Å². The minimum atomic E-state index is -0.230. The average Bonchev–Trinajstić information content (AvgIpc) is 2.94. The fraction of sp³-hybridized carbons (Fsp3) is 0.0909. The molecule has 0 N–H and O–H groups in total. The Balaban J connectivity index is 1.68. The molecule has 0 bridgehead atoms. The van der Waals surface area contributed by atoms with E-state index < -0.39 is 0 Å². The third kappa shape index (κ3) is 3.02. The van der Waals surface area contributed by atoms with Gasteiger partial charge in [0.05, 0.1) is 22.9 Å². The summed E-state index contributed by atoms with van der Waals surface area (Å²) in [5, 5.41) is 0. The maximum absolute atomic E-state index is 13.2. The van der Waals surface area contributed by atoms with Crippen LogP contribution in [-0.4, -0.2) is 14.5 Å². The zero-order valence-corrected chi connectivity index (χ0v) is 14.6. The van der Waals surface area contributed by atoms with Gasteiger partial charge in [0.1, 0.15) is 5.82 Å². The molecule has 2 heterocycles. The van der Waals surface area contributed by atoms with E-state index in [0.29, 0.717) is 0 Å². The molecule has 0 amide bonds. The summed E-state index contributed by atoms with van der Waals surface area (Å²) in [6.07, 6.45) is 5.79. The third-order valence-electron chi connectivity index (χ3n) is 4.46. The zero-order valence-electron chi connectivity index (χ0n) is 14.6. The number of aromatic nitrogens is 3. The van der Waals surface area contributed by atoms with Crippen LogP contribution in [0.2, 0.25) is 0 Å². The van der Waals surface area contributed by atoms with Gasteiger partial charge in [0.15, 0.2) is 0 Å². The van der Waals surface area contributed by atoms with Crippen molar-refractivity contribution in [1.82, 2.24) is 14.5 Å². The van der Waals surface area contributed by atoms with Crippen LogP contribution in [0.15, 0.2) is 60.8 Å². The first-order valence-corrected chi connectivity index (χ1v) is 8.46. The van der Waals surface area contributed by atoms with Crippen molar-refractivity contribution in [3.05, 3.63) is 89.3 Å². The number of fused-ring (bicyclic) bond motifs is 1. The normalized spacial score (nSPS) is 11.5. The lowest BCUT2D eigenvalue weighted by Gasteiger charge is -2.09. The van der Waals surface area contributed by atoms with E-state index in [0.717, 1.165) is 39.4 Å². The SMILES string of the molecule is Cc1cc(C=Cc2cnc3ccccc3n2)c(C)n1-c1ccc(F)cc1. The molecular weight excluding hydrogens is 325 g/mol. The number of para-hydroxylation sites is 2. The van der Waals surface area contributed by atoms with E-state index in [1.165, 1.54) is 12.1 Å². The Hall–Kier alpha value is -3.27. The number of hydrogen-bond donors (Lipinski definition) is 0. The lowest BCUT2D eigenvalue weighted by molar-refractivity contribution is 0.627. The smallest absolute Gasteiger partial charge is 0.123 e. The van der Waals surface area contributed by atoms with Crippen LogP contribution in [0.4, 0.5) is 4.39 Å². The van der Waals surface area contributed by atoms with Crippen molar-refractivity contribution in [1.29, 1.82) is 0 Å². The molecule has 2 aromatic carbocycles. The Morgan fingerprint density at radius 2 is 1.65 bits per heavy atom. The molecule has 4 rings (SSSR count). The number of aryl methyl sites for hydroxylation is 1. The molecule has 0 saturated carbocycles. The van der Waals surface area contributed by atoms with Gasteiger partial charge < -0.3 is 4.57 Å². The van der Waals surface area contributed by atoms with E-state index in [-0.39, 0.29) is 5.82 Å². The van der Waals surface area contributed by atoms with Crippen LogP contribution in [0.1, 0.15) is 22.6 Å². The van der Waals surface area contributed by atoms with Gasteiger partial charge >= 0.3 is 0 Å². The van der Waals surface area contributed by atoms with Crippen LogP contribution in [0.3, 0.4) is 0 Å². The zero-order chi connectivity index (χ0) is 18.1. The van der Waals surface area contributed by atoms with Gasteiger partial charge in [0.2, 0.25) is 0 Å². The Morgan fingerprint density at radius 1 is 0.923 bits per heavy atom. The van der Waals surface area contributed by atoms with E-state index in [1.807, 2.05) is 43.3 Å². The Labute approximate surface area is 151 Å². The molecule has 0 aliphatic heterocycles. The molecule has 0 radical (unpaired) electrons. The summed E-state index contributed by atoms with van der Waals surface area (Å²) < 4.78 is 15.3. The standard InChI is InChI=1S/C22H18FN3/c1-15-13-17(16(2)26(15)20-11-8-18(23)9-12-20)7-10-19-14-24-21-5-3-4-6-22(21)25-19/h3-14H,1-2H3. The number of nitrogens with zero attached hydrogens (tertiary/aromatic N) is 3. The molecule has 4 heteroatoms. The molecule has 0 spiro atoms. The quantitative estimate of drug-likeness (QED) is 0.502. The van der Waals surface area contributed by atoms with E-state index in [9.17, 15) is 4.39 Å². The van der Waals surface area contributed by atoms with Crippen molar-refractivity contribution in [2.45, 2.75) is 13.8 Å². The summed E-state index contributed by atoms with van der Waals surface area (Å²) >= 11 is 0. The highest BCUT2D eigenvalue weighted by Crippen LogP contribution is 2.23. The lowest BCUT2D eigenvalue weighted by atomic mass is 10.2. The Kier molecular flexibility index (Phi) is 4.09. The Morgan fingerprint density at radius 3 is 2.42 bits per heavy atom. The van der Waals surface area contributed by atoms with Crippen molar-refractivity contribution in [2.75, 3.05) is 0 Å². The molecule has 0 unspecified atom stereocenters. The first-order chi connectivity index (χ1) is 12.6. The molecule has 0 fully saturated rings. The molecule has 0 aliphatic carbocycles. The van der Waals surface area contributed by atoms with E-state index in [2.05, 4.69) is 27.5 Å². The molecule has 3 nitrogen and oxygen atoms in total. The van der Waals surface area contributed by atoms with Crippen molar-refractivity contribution >= 4 is 23.2 Å². The van der Waals surface area contributed by atoms with Gasteiger partial charge in [-0.1, -0.05) is 18.2 Å². The van der Waals surface area contributed by atoms with E-state index in [1.54, 1.807) is 18.3 Å². The summed E-state index contributed by atoms with van der Waals surface area (Å²) in [7, 11) is 0. The highest BCUT2D eigenvalue weighted by atomic mass is 19.1. The summed E-state index contributed by atoms with van der Waals surface area (Å²) in [6, 6.07) is 16.5. The maximum Gasteiger partial charge on any atom is 0.123 e. The van der Waals surface area contributed by atoms with Gasteiger partial charge in [-0.05, 0) is 68.0 Å². The fourth-order valence-corrected chi connectivity index (χ4v) is 3.17. The molecule has 26 heavy (non-hydrogen) atoms. The van der Waals surface area contributed by atoms with Crippen LogP contribution >= 0.6 is 0 Å². The number of hydrogen-bond acceptors (Lipinski definition) is 2. The maximum atomic E-state index is 13.2. The first-order valence-electron chi connectivity index (χ1n) is 8.46. The molecule has 2 aromatic heterocycles. The van der Waals surface area contributed by atoms with Crippen LogP contribution in [0.5, 0.6) is 0 Å². The second-order valence-corrected chi connectivity index (χ2v) is 6.26. The molecule has 4 aromatic rings. The minimum absolute atomic E-state index is 0.230. The summed E-state index contributed by atoms with van der Waals surface area (Å²) in [6.45, 7) is 4.10. The number of benzene rings is 2. The Bertz CT molecular complexity index is 1110. The summed E-state index contributed by atoms with van der Waals surface area (Å²) in [5.41, 5.74) is 6.83. The highest BCUT2D eigenvalue weighted by Gasteiger charge is 2.09. The van der Waals surface area contributed by atoms with Crippen LogP contribution in [0.25, 0.3) is 28.9 Å². The number of halogens is 1. The molecular formula is C22H18FN3. The van der Waals surface area contributed by atoms with Gasteiger partial charge in [0, 0.05) is 17.1 Å². The van der Waals surface area contributed by atoms with Gasteiger partial charge in [0.25, 0.3) is 0 Å². The van der Waals surface area contributed by atoms with Gasteiger partial charge in [-0.15, -0.1) is 0 Å². The monoisotopic (exact) mass is 343 g/mol. The summed E-state index contributed by atoms with van der Waals surface area (Å²) in [4.78, 5) is 9.06. The predicted molar refractivity (Wildman–Crippen MR) is 104 cm³/mol. The topological polar surface area (TPSA) is 30.7 Å². The molecule has 0 aliphatic rings. The number of rotatable bonds is 3. The van der Waals surface area contributed by atoms with E-state index >= 15 is 0 Å². The average molecular weight is 343 g/mol. The van der Waals surface area contributed by atoms with Gasteiger partial charge in [-0.3, -0.25) is 4.98 Å². The third-order valence-corrected chi connectivity index (χ3v) is 4.46. The van der Waals surface area contributed by atoms with Crippen LogP contribution in [0, 0.1) is 19.7 Å². The van der Waals surface area contributed by atoms with Crippen molar-refractivity contribution in [3.63, 3.8) is 0 Å². The van der Waals surface area contributed by atoms with Crippen LogP contribution in [-0.2, 0) is 0 Å². The largest absolute Gasteiger partial charge is 0.318 e. The molecule has 128 valence electrons. The second-order valence-electron chi connectivity index (χ2n) is 6.26. The highest BCUT2D eigenvalue weighted by molar-refractivity contribution is 5.77. The van der Waals surface area contributed by atoms with Crippen molar-refractivity contribution in [2.24, 2.45) is 0 Å². The lowest BCUT2D eigenvalue weighted by Crippen LogP contribution is -1.98. The minimum Gasteiger partial charge on any atom is -0.318 e. The fourth-order valence-electron chi connectivity index (χ4n) is 3.17.